The predicted molar refractivity (Wildman–Crippen MR) is 89.7 cm³/mol. The maximum absolute atomic E-state index is 11.3. The summed E-state index contributed by atoms with van der Waals surface area (Å²) in [6, 6.07) is 12.6. The van der Waals surface area contributed by atoms with Crippen molar-refractivity contribution in [2.24, 2.45) is 0 Å². The van der Waals surface area contributed by atoms with E-state index in [0.717, 1.165) is 12.2 Å². The summed E-state index contributed by atoms with van der Waals surface area (Å²) in [6.07, 6.45) is 0.500. The van der Waals surface area contributed by atoms with Crippen molar-refractivity contribution in [1.29, 1.82) is 0 Å². The lowest BCUT2D eigenvalue weighted by atomic mass is 10.1. The molecular formula is C17H22N2OS. The number of amides is 1. The van der Waals surface area contributed by atoms with Crippen LogP contribution in [0.4, 0.5) is 5.69 Å². The standard InChI is InChI=1S/C17H22N2OS/c1-4-17(20)19-15-8-6-14(7-9-15)13(3)18-11-16-10-5-12(2)21-16/h5-10,13,18H,4,11H2,1-3H3,(H,19,20)/t13-/m0/s1. The van der Waals surface area contributed by atoms with Gasteiger partial charge in [0.15, 0.2) is 0 Å². The topological polar surface area (TPSA) is 41.1 Å². The van der Waals surface area contributed by atoms with Crippen molar-refractivity contribution in [3.8, 4) is 0 Å². The van der Waals surface area contributed by atoms with Crippen LogP contribution in [0.15, 0.2) is 36.4 Å². The third-order valence-electron chi connectivity index (χ3n) is 3.39. The van der Waals surface area contributed by atoms with Crippen molar-refractivity contribution in [2.45, 2.75) is 39.8 Å². The zero-order valence-corrected chi connectivity index (χ0v) is 13.6. The van der Waals surface area contributed by atoms with Gasteiger partial charge in [-0.05, 0) is 43.7 Å². The molecule has 21 heavy (non-hydrogen) atoms. The number of anilines is 1. The summed E-state index contributed by atoms with van der Waals surface area (Å²) in [6.45, 7) is 7.01. The highest BCUT2D eigenvalue weighted by molar-refractivity contribution is 7.11. The molecule has 0 fully saturated rings. The number of hydrogen-bond donors (Lipinski definition) is 2. The highest BCUT2D eigenvalue weighted by Crippen LogP contribution is 2.19. The number of thiophene rings is 1. The van der Waals surface area contributed by atoms with Crippen molar-refractivity contribution >= 4 is 22.9 Å². The third kappa shape index (κ3) is 4.69. The van der Waals surface area contributed by atoms with E-state index < -0.39 is 0 Å². The maximum Gasteiger partial charge on any atom is 0.224 e. The second-order valence-electron chi connectivity index (χ2n) is 5.14. The number of hydrogen-bond acceptors (Lipinski definition) is 3. The lowest BCUT2D eigenvalue weighted by Gasteiger charge is -2.14. The molecule has 112 valence electrons. The van der Waals surface area contributed by atoms with Gasteiger partial charge in [0.1, 0.15) is 0 Å². The van der Waals surface area contributed by atoms with E-state index in [9.17, 15) is 4.79 Å². The van der Waals surface area contributed by atoms with Gasteiger partial charge in [0, 0.05) is 34.4 Å². The second kappa shape index (κ2) is 7.38. The molecule has 0 radical (unpaired) electrons. The largest absolute Gasteiger partial charge is 0.326 e. The molecule has 1 aromatic carbocycles. The number of aryl methyl sites for hydroxylation is 1. The summed E-state index contributed by atoms with van der Waals surface area (Å²) in [5.74, 6) is 0.0435. The molecule has 0 aliphatic heterocycles. The first kappa shape index (κ1) is 15.7. The van der Waals surface area contributed by atoms with Gasteiger partial charge in [-0.2, -0.15) is 0 Å². The number of carbonyl (C=O) groups is 1. The number of rotatable bonds is 6. The summed E-state index contributed by atoms with van der Waals surface area (Å²) in [7, 11) is 0. The Morgan fingerprint density at radius 3 is 2.48 bits per heavy atom. The quantitative estimate of drug-likeness (QED) is 0.837. The molecule has 1 amide bonds. The second-order valence-corrected chi connectivity index (χ2v) is 6.51. The molecule has 0 spiro atoms. The van der Waals surface area contributed by atoms with E-state index in [1.165, 1.54) is 15.3 Å². The Hall–Kier alpha value is -1.65. The van der Waals surface area contributed by atoms with Crippen LogP contribution in [0.5, 0.6) is 0 Å². The molecule has 0 unspecified atom stereocenters. The molecule has 0 bridgehead atoms. The summed E-state index contributed by atoms with van der Waals surface area (Å²) >= 11 is 1.83. The van der Waals surface area contributed by atoms with Gasteiger partial charge >= 0.3 is 0 Å². The molecule has 2 aromatic rings. The van der Waals surface area contributed by atoms with Gasteiger partial charge < -0.3 is 10.6 Å². The van der Waals surface area contributed by atoms with Crippen molar-refractivity contribution in [3.05, 3.63) is 51.7 Å². The van der Waals surface area contributed by atoms with Gasteiger partial charge in [-0.25, -0.2) is 0 Å². The van der Waals surface area contributed by atoms with E-state index >= 15 is 0 Å². The van der Waals surface area contributed by atoms with E-state index in [1.54, 1.807) is 0 Å². The Balaban J connectivity index is 1.90. The van der Waals surface area contributed by atoms with Gasteiger partial charge in [-0.1, -0.05) is 19.1 Å². The molecule has 4 heteroatoms. The minimum atomic E-state index is 0.0435. The van der Waals surface area contributed by atoms with Gasteiger partial charge in [0.2, 0.25) is 5.91 Å². The van der Waals surface area contributed by atoms with Crippen LogP contribution < -0.4 is 10.6 Å². The van der Waals surface area contributed by atoms with Gasteiger partial charge in [0.25, 0.3) is 0 Å². The first-order valence-corrected chi connectivity index (χ1v) is 8.08. The van der Waals surface area contributed by atoms with Crippen LogP contribution in [-0.4, -0.2) is 5.91 Å². The Labute approximate surface area is 130 Å². The van der Waals surface area contributed by atoms with Crippen LogP contribution in [0.3, 0.4) is 0 Å². The van der Waals surface area contributed by atoms with Crippen molar-refractivity contribution in [3.63, 3.8) is 0 Å². The number of carbonyl (C=O) groups excluding carboxylic acids is 1. The molecule has 0 saturated carbocycles. The summed E-state index contributed by atoms with van der Waals surface area (Å²) in [5, 5.41) is 6.38. The highest BCUT2D eigenvalue weighted by atomic mass is 32.1. The van der Waals surface area contributed by atoms with Crippen molar-refractivity contribution in [1.82, 2.24) is 5.32 Å². The summed E-state index contributed by atoms with van der Waals surface area (Å²) < 4.78 is 0. The molecule has 0 aliphatic rings. The van der Waals surface area contributed by atoms with E-state index in [0.29, 0.717) is 6.42 Å². The molecule has 1 aromatic heterocycles. The smallest absolute Gasteiger partial charge is 0.224 e. The van der Waals surface area contributed by atoms with Crippen molar-refractivity contribution < 1.29 is 4.79 Å². The molecule has 2 rings (SSSR count). The lowest BCUT2D eigenvalue weighted by Crippen LogP contribution is -2.17. The SMILES string of the molecule is CCC(=O)Nc1ccc([C@H](C)NCc2ccc(C)s2)cc1. The molecule has 1 heterocycles. The van der Waals surface area contributed by atoms with E-state index in [-0.39, 0.29) is 11.9 Å². The van der Waals surface area contributed by atoms with Crippen LogP contribution in [-0.2, 0) is 11.3 Å². The van der Waals surface area contributed by atoms with Crippen molar-refractivity contribution in [2.75, 3.05) is 5.32 Å². The van der Waals surface area contributed by atoms with E-state index in [2.05, 4.69) is 48.7 Å². The zero-order chi connectivity index (χ0) is 15.2. The first-order valence-electron chi connectivity index (χ1n) is 7.27. The molecule has 2 N–H and O–H groups in total. The third-order valence-corrected chi connectivity index (χ3v) is 4.39. The lowest BCUT2D eigenvalue weighted by molar-refractivity contribution is -0.115. The fourth-order valence-corrected chi connectivity index (χ4v) is 2.90. The average Bonchev–Trinajstić information content (AvgIpc) is 2.91. The fourth-order valence-electron chi connectivity index (χ4n) is 2.06. The minimum absolute atomic E-state index is 0.0435. The van der Waals surface area contributed by atoms with Gasteiger partial charge in [0.05, 0.1) is 0 Å². The van der Waals surface area contributed by atoms with E-state index in [1.807, 2.05) is 30.4 Å². The molecule has 3 nitrogen and oxygen atoms in total. The summed E-state index contributed by atoms with van der Waals surface area (Å²) in [4.78, 5) is 14.0. The predicted octanol–water partition coefficient (Wildman–Crippen LogP) is 4.26. The van der Waals surface area contributed by atoms with E-state index in [4.69, 9.17) is 0 Å². The minimum Gasteiger partial charge on any atom is -0.326 e. The first-order chi connectivity index (χ1) is 10.1. The number of benzene rings is 1. The average molecular weight is 302 g/mol. The van der Waals surface area contributed by atoms with Crippen LogP contribution in [0.25, 0.3) is 0 Å². The zero-order valence-electron chi connectivity index (χ0n) is 12.8. The normalized spacial score (nSPS) is 12.1. The van der Waals surface area contributed by atoms with Gasteiger partial charge in [-0.3, -0.25) is 4.79 Å². The molecule has 0 saturated heterocycles. The Bertz CT molecular complexity index is 589. The van der Waals surface area contributed by atoms with Crippen LogP contribution >= 0.6 is 11.3 Å². The number of nitrogens with one attached hydrogen (secondary N) is 2. The Morgan fingerprint density at radius 1 is 1.19 bits per heavy atom. The molecular weight excluding hydrogens is 280 g/mol. The van der Waals surface area contributed by atoms with Crippen LogP contribution in [0.2, 0.25) is 0 Å². The van der Waals surface area contributed by atoms with Gasteiger partial charge in [-0.15, -0.1) is 11.3 Å². The monoisotopic (exact) mass is 302 g/mol. The molecule has 0 aliphatic carbocycles. The Kier molecular flexibility index (Phi) is 5.53. The molecule has 1 atom stereocenters. The van der Waals surface area contributed by atoms with Crippen LogP contribution in [0.1, 0.15) is 41.6 Å². The maximum atomic E-state index is 11.3. The fraction of sp³-hybridized carbons (Fsp3) is 0.353. The highest BCUT2D eigenvalue weighted by Gasteiger charge is 2.06. The summed E-state index contributed by atoms with van der Waals surface area (Å²) in [5.41, 5.74) is 2.07. The Morgan fingerprint density at radius 2 is 1.90 bits per heavy atom. The van der Waals surface area contributed by atoms with Crippen LogP contribution in [0, 0.1) is 6.92 Å².